The Balaban J connectivity index is 0.995. The molecule has 238 valence electrons. The third kappa shape index (κ3) is 6.37. The number of hydrogen-bond donors (Lipinski definition) is 2. The molecule has 0 saturated carbocycles. The second-order valence-electron chi connectivity index (χ2n) is 12.4. The van der Waals surface area contributed by atoms with Crippen molar-refractivity contribution >= 4 is 23.6 Å². The summed E-state index contributed by atoms with van der Waals surface area (Å²) in [6.07, 6.45) is 2.42. The van der Waals surface area contributed by atoms with Crippen LogP contribution in [0.2, 0.25) is 0 Å². The summed E-state index contributed by atoms with van der Waals surface area (Å²) in [4.78, 5) is 58.3. The van der Waals surface area contributed by atoms with Crippen molar-refractivity contribution in [3.8, 4) is 22.8 Å². The number of nitrogens with two attached hydrogens (primary N) is 1. The van der Waals surface area contributed by atoms with Gasteiger partial charge in [0.05, 0.1) is 11.3 Å². The molecule has 7 rings (SSSR count). The molecule has 1 atom stereocenters. The Labute approximate surface area is 272 Å². The van der Waals surface area contributed by atoms with E-state index in [4.69, 9.17) is 15.5 Å². The lowest BCUT2D eigenvalue weighted by molar-refractivity contribution is -0.136. The monoisotopic (exact) mass is 629 g/mol. The van der Waals surface area contributed by atoms with Gasteiger partial charge in [0.1, 0.15) is 17.5 Å². The van der Waals surface area contributed by atoms with Gasteiger partial charge in [-0.1, -0.05) is 30.3 Å². The van der Waals surface area contributed by atoms with Crippen LogP contribution < -0.4 is 15.8 Å². The van der Waals surface area contributed by atoms with Crippen LogP contribution in [0.1, 0.15) is 69.1 Å². The number of piperidine rings is 2. The van der Waals surface area contributed by atoms with Crippen LogP contribution in [0.25, 0.3) is 11.3 Å². The highest BCUT2D eigenvalue weighted by atomic mass is 16.5. The number of likely N-dealkylation sites (tertiary alicyclic amines) is 1. The fourth-order valence-corrected chi connectivity index (χ4v) is 6.80. The third-order valence-corrected chi connectivity index (χ3v) is 9.29. The minimum absolute atomic E-state index is 0.160. The number of para-hydroxylation sites is 1. The van der Waals surface area contributed by atoms with Crippen molar-refractivity contribution in [3.05, 3.63) is 113 Å². The smallest absolute Gasteiger partial charge is 0.255 e. The minimum Gasteiger partial charge on any atom is -0.457 e. The van der Waals surface area contributed by atoms with Crippen molar-refractivity contribution < 1.29 is 23.9 Å². The second-order valence-corrected chi connectivity index (χ2v) is 12.4. The fourth-order valence-electron chi connectivity index (χ4n) is 6.80. The first-order valence-electron chi connectivity index (χ1n) is 16.0. The largest absolute Gasteiger partial charge is 0.457 e. The number of fused-ring (bicyclic) bond motifs is 1. The van der Waals surface area contributed by atoms with Gasteiger partial charge in [0.2, 0.25) is 11.8 Å². The molecule has 4 aromatic rings. The number of carbonyl (C=O) groups is 4. The van der Waals surface area contributed by atoms with Crippen LogP contribution in [0.5, 0.6) is 11.5 Å². The summed E-state index contributed by atoms with van der Waals surface area (Å²) < 4.78 is 5.92. The normalized spacial score (nSPS) is 18.6. The van der Waals surface area contributed by atoms with Gasteiger partial charge in [-0.25, -0.2) is 0 Å². The molecule has 3 N–H and O–H groups in total. The van der Waals surface area contributed by atoms with E-state index >= 15 is 0 Å². The number of nitrogens with one attached hydrogen (secondary N) is 1. The van der Waals surface area contributed by atoms with Crippen molar-refractivity contribution in [1.82, 2.24) is 20.1 Å². The van der Waals surface area contributed by atoms with Crippen molar-refractivity contribution in [1.29, 1.82) is 0 Å². The molecule has 4 amide bonds. The van der Waals surface area contributed by atoms with E-state index in [1.807, 2.05) is 72.8 Å². The predicted octanol–water partition coefficient (Wildman–Crippen LogP) is 4.78. The number of primary amides is 1. The summed E-state index contributed by atoms with van der Waals surface area (Å²) >= 11 is 0. The quantitative estimate of drug-likeness (QED) is 0.268. The number of aromatic nitrogens is 1. The molecule has 1 unspecified atom stereocenters. The number of benzene rings is 3. The Hall–Kier alpha value is -5.35. The molecule has 1 aromatic heterocycles. The first-order chi connectivity index (χ1) is 22.8. The van der Waals surface area contributed by atoms with E-state index in [1.54, 1.807) is 11.0 Å². The van der Waals surface area contributed by atoms with Gasteiger partial charge in [0.25, 0.3) is 11.8 Å². The summed E-state index contributed by atoms with van der Waals surface area (Å²) in [6, 6.07) is 26.1. The molecule has 0 aliphatic carbocycles. The number of nitrogens with zero attached hydrogens (tertiary/aromatic N) is 3. The average molecular weight is 630 g/mol. The molecular formula is C37H35N5O5. The molecule has 0 spiro atoms. The van der Waals surface area contributed by atoms with Gasteiger partial charge in [-0.15, -0.1) is 0 Å². The number of hydrogen-bond acceptors (Lipinski definition) is 7. The molecule has 3 aliphatic heterocycles. The van der Waals surface area contributed by atoms with Gasteiger partial charge in [0.15, 0.2) is 0 Å². The van der Waals surface area contributed by atoms with Gasteiger partial charge in [-0.05, 0) is 98.1 Å². The molecule has 2 fully saturated rings. The van der Waals surface area contributed by atoms with Crippen LogP contribution >= 0.6 is 0 Å². The number of amides is 4. The maximum atomic E-state index is 13.1. The third-order valence-electron chi connectivity index (χ3n) is 9.29. The minimum atomic E-state index is -0.616. The molecule has 10 nitrogen and oxygen atoms in total. The lowest BCUT2D eigenvalue weighted by atomic mass is 9.91. The summed E-state index contributed by atoms with van der Waals surface area (Å²) in [6.45, 7) is 2.88. The number of carbonyl (C=O) groups excluding carboxylic acids is 4. The van der Waals surface area contributed by atoms with Crippen LogP contribution in [-0.2, 0) is 22.7 Å². The molecule has 0 bridgehead atoms. The predicted molar refractivity (Wildman–Crippen MR) is 174 cm³/mol. The van der Waals surface area contributed by atoms with Crippen molar-refractivity contribution in [3.63, 3.8) is 0 Å². The fraction of sp³-hybridized carbons (Fsp3) is 0.270. The summed E-state index contributed by atoms with van der Waals surface area (Å²) in [5.74, 6) is 0.302. The van der Waals surface area contributed by atoms with Crippen LogP contribution in [0.4, 0.5) is 0 Å². The van der Waals surface area contributed by atoms with E-state index in [0.717, 1.165) is 60.6 Å². The summed E-state index contributed by atoms with van der Waals surface area (Å²) in [5.41, 5.74) is 11.1. The topological polar surface area (TPSA) is 135 Å². The molecule has 0 radical (unpaired) electrons. The first kappa shape index (κ1) is 30.3. The van der Waals surface area contributed by atoms with Gasteiger partial charge in [0, 0.05) is 42.2 Å². The van der Waals surface area contributed by atoms with Gasteiger partial charge in [-0.2, -0.15) is 0 Å². The highest BCUT2D eigenvalue weighted by Gasteiger charge is 2.39. The van der Waals surface area contributed by atoms with E-state index in [0.29, 0.717) is 35.5 Å². The van der Waals surface area contributed by atoms with E-state index in [-0.39, 0.29) is 24.2 Å². The highest BCUT2D eigenvalue weighted by Crippen LogP contribution is 2.33. The highest BCUT2D eigenvalue weighted by molar-refractivity contribution is 6.05. The Bertz CT molecular complexity index is 1850. The van der Waals surface area contributed by atoms with Crippen LogP contribution in [0.3, 0.4) is 0 Å². The van der Waals surface area contributed by atoms with E-state index < -0.39 is 17.9 Å². The molecule has 47 heavy (non-hydrogen) atoms. The molecular weight excluding hydrogens is 594 g/mol. The lowest BCUT2D eigenvalue weighted by Crippen LogP contribution is -2.52. The van der Waals surface area contributed by atoms with Crippen LogP contribution in [0, 0.1) is 0 Å². The van der Waals surface area contributed by atoms with Crippen LogP contribution in [-0.4, -0.2) is 57.5 Å². The van der Waals surface area contributed by atoms with Crippen molar-refractivity contribution in [2.75, 3.05) is 13.1 Å². The van der Waals surface area contributed by atoms with Gasteiger partial charge >= 0.3 is 0 Å². The summed E-state index contributed by atoms with van der Waals surface area (Å²) in [7, 11) is 0. The second kappa shape index (κ2) is 12.8. The number of rotatable bonds is 8. The average Bonchev–Trinajstić information content (AvgIpc) is 3.40. The Morgan fingerprint density at radius 3 is 2.36 bits per heavy atom. The molecule has 10 heteroatoms. The van der Waals surface area contributed by atoms with Crippen LogP contribution in [0.15, 0.2) is 84.9 Å². The molecule has 3 aromatic carbocycles. The van der Waals surface area contributed by atoms with Crippen molar-refractivity contribution in [2.24, 2.45) is 5.73 Å². The van der Waals surface area contributed by atoms with E-state index in [1.165, 1.54) is 0 Å². The number of imide groups is 1. The molecule has 3 aliphatic rings. The zero-order chi connectivity index (χ0) is 32.5. The lowest BCUT2D eigenvalue weighted by Gasteiger charge is -2.32. The maximum Gasteiger partial charge on any atom is 0.255 e. The molecule has 4 heterocycles. The zero-order valence-corrected chi connectivity index (χ0v) is 25.9. The first-order valence-corrected chi connectivity index (χ1v) is 16.0. The van der Waals surface area contributed by atoms with E-state index in [2.05, 4.69) is 16.3 Å². The number of ether oxygens (including phenoxy) is 1. The Morgan fingerprint density at radius 1 is 0.894 bits per heavy atom. The SMILES string of the molecule is NC(=O)c1ccc(C2CCN(Cc3ccc4c(c3)CN(C3CCC(=O)NC3=O)C4=O)CC2)nc1-c1ccc(Oc2ccccc2)cc1. The Morgan fingerprint density at radius 2 is 1.64 bits per heavy atom. The zero-order valence-electron chi connectivity index (χ0n) is 25.9. The number of pyridine rings is 1. The summed E-state index contributed by atoms with van der Waals surface area (Å²) in [5, 5.41) is 2.35. The van der Waals surface area contributed by atoms with Gasteiger partial charge < -0.3 is 15.4 Å². The van der Waals surface area contributed by atoms with Crippen molar-refractivity contribution in [2.45, 2.75) is 50.7 Å². The Kier molecular flexibility index (Phi) is 8.26. The maximum absolute atomic E-state index is 13.1. The standard InChI is InChI=1S/C37H35N5O5/c38-35(44)30-12-13-31(39-34(30)25-7-9-28(10-8-25)47-27-4-2-1-3-5-27)24-16-18-41(19-17-24)21-23-6-11-29-26(20-23)22-42(37(29)46)32-14-15-33(43)40-36(32)45/h1-13,20,24,32H,14-19,21-22H2,(H2,38,44)(H,40,43,45). The van der Waals surface area contributed by atoms with E-state index in [9.17, 15) is 19.2 Å². The molecule has 2 saturated heterocycles. The van der Waals surface area contributed by atoms with Gasteiger partial charge in [-0.3, -0.25) is 34.4 Å².